The molecule has 0 atom stereocenters. The van der Waals surface area contributed by atoms with E-state index in [0.717, 1.165) is 11.1 Å². The van der Waals surface area contributed by atoms with Crippen LogP contribution in [0.25, 0.3) is 0 Å². The highest BCUT2D eigenvalue weighted by Gasteiger charge is 2.11. The molecule has 0 spiro atoms. The summed E-state index contributed by atoms with van der Waals surface area (Å²) >= 11 is 0. The van der Waals surface area contributed by atoms with Gasteiger partial charge in [-0.1, -0.05) is 6.07 Å². The van der Waals surface area contributed by atoms with Gasteiger partial charge >= 0.3 is 0 Å². The van der Waals surface area contributed by atoms with E-state index in [1.54, 1.807) is 30.6 Å². The minimum absolute atomic E-state index is 0.457. The lowest BCUT2D eigenvalue weighted by Gasteiger charge is -2.09. The molecule has 0 aliphatic rings. The maximum Gasteiger partial charge on any atom is 0.249 e. The van der Waals surface area contributed by atoms with Crippen LogP contribution >= 0.6 is 0 Å². The van der Waals surface area contributed by atoms with Gasteiger partial charge in [-0.05, 0) is 35.4 Å². The number of carbonyl (C=O) groups excluding carboxylic acids is 1. The molecule has 0 saturated carbocycles. The Bertz CT molecular complexity index is 538. The summed E-state index contributed by atoms with van der Waals surface area (Å²) in [5.41, 5.74) is 14.1. The average Bonchev–Trinajstić information content (AvgIpc) is 2.33. The van der Waals surface area contributed by atoms with Crippen molar-refractivity contribution in [2.45, 2.75) is 6.42 Å². The van der Waals surface area contributed by atoms with Crippen molar-refractivity contribution in [3.63, 3.8) is 0 Å². The average molecular weight is 227 g/mol. The molecular formula is C13H13N3O. The van der Waals surface area contributed by atoms with Crippen molar-refractivity contribution in [2.75, 3.05) is 5.73 Å². The Hall–Kier alpha value is -2.36. The number of aromatic nitrogens is 1. The fourth-order valence-electron chi connectivity index (χ4n) is 1.74. The molecule has 0 saturated heterocycles. The van der Waals surface area contributed by atoms with Crippen LogP contribution in [0, 0.1) is 0 Å². The number of benzene rings is 1. The number of hydrogen-bond donors (Lipinski definition) is 2. The highest BCUT2D eigenvalue weighted by molar-refractivity contribution is 5.95. The number of primary amides is 1. The van der Waals surface area contributed by atoms with Gasteiger partial charge in [0.2, 0.25) is 5.91 Å². The summed E-state index contributed by atoms with van der Waals surface area (Å²) in [5.74, 6) is -0.457. The molecule has 0 fully saturated rings. The molecule has 1 aromatic heterocycles. The molecule has 4 nitrogen and oxygen atoms in total. The van der Waals surface area contributed by atoms with E-state index in [9.17, 15) is 4.79 Å². The quantitative estimate of drug-likeness (QED) is 0.776. The largest absolute Gasteiger partial charge is 0.398 e. The van der Waals surface area contributed by atoms with Gasteiger partial charge in [0, 0.05) is 30.1 Å². The van der Waals surface area contributed by atoms with Crippen molar-refractivity contribution < 1.29 is 4.79 Å². The van der Waals surface area contributed by atoms with E-state index in [2.05, 4.69) is 4.98 Å². The zero-order chi connectivity index (χ0) is 12.3. The first-order valence-corrected chi connectivity index (χ1v) is 5.24. The van der Waals surface area contributed by atoms with Gasteiger partial charge in [0.15, 0.2) is 0 Å². The van der Waals surface area contributed by atoms with Crippen LogP contribution in [0.15, 0.2) is 42.7 Å². The highest BCUT2D eigenvalue weighted by atomic mass is 16.1. The molecule has 1 aromatic carbocycles. The second kappa shape index (κ2) is 4.65. The molecule has 0 bridgehead atoms. The van der Waals surface area contributed by atoms with E-state index in [4.69, 9.17) is 11.5 Å². The van der Waals surface area contributed by atoms with Crippen LogP contribution < -0.4 is 11.5 Å². The standard InChI is InChI=1S/C13H13N3O/c14-12-3-1-2-10(13(15)17)11(12)8-9-4-6-16-7-5-9/h1-7H,8,14H2,(H2,15,17). The van der Waals surface area contributed by atoms with E-state index < -0.39 is 5.91 Å². The number of nitrogens with zero attached hydrogens (tertiary/aromatic N) is 1. The van der Waals surface area contributed by atoms with E-state index in [0.29, 0.717) is 17.7 Å². The third kappa shape index (κ3) is 2.42. The van der Waals surface area contributed by atoms with Gasteiger partial charge in [-0.15, -0.1) is 0 Å². The summed E-state index contributed by atoms with van der Waals surface area (Å²) in [7, 11) is 0. The smallest absolute Gasteiger partial charge is 0.249 e. The fourth-order valence-corrected chi connectivity index (χ4v) is 1.74. The van der Waals surface area contributed by atoms with Crippen LogP contribution in [0.1, 0.15) is 21.5 Å². The Morgan fingerprint density at radius 2 is 1.88 bits per heavy atom. The first-order chi connectivity index (χ1) is 8.18. The number of nitrogens with two attached hydrogens (primary N) is 2. The molecule has 1 amide bonds. The summed E-state index contributed by atoms with van der Waals surface area (Å²) in [5, 5.41) is 0. The lowest BCUT2D eigenvalue weighted by Crippen LogP contribution is -2.15. The molecule has 4 heteroatoms. The zero-order valence-electron chi connectivity index (χ0n) is 9.26. The first-order valence-electron chi connectivity index (χ1n) is 5.24. The summed E-state index contributed by atoms with van der Waals surface area (Å²) in [6, 6.07) is 8.96. The summed E-state index contributed by atoms with van der Waals surface area (Å²) < 4.78 is 0. The summed E-state index contributed by atoms with van der Waals surface area (Å²) in [6.07, 6.45) is 3.99. The van der Waals surface area contributed by atoms with Gasteiger partial charge in [0.25, 0.3) is 0 Å². The first kappa shape index (κ1) is 11.1. The maximum atomic E-state index is 11.3. The number of amides is 1. The fraction of sp³-hybridized carbons (Fsp3) is 0.0769. The second-order valence-corrected chi connectivity index (χ2v) is 3.77. The highest BCUT2D eigenvalue weighted by Crippen LogP contribution is 2.20. The van der Waals surface area contributed by atoms with Crippen LogP contribution in [0.4, 0.5) is 5.69 Å². The topological polar surface area (TPSA) is 82.0 Å². The van der Waals surface area contributed by atoms with Crippen LogP contribution in [-0.4, -0.2) is 10.9 Å². The number of carbonyl (C=O) groups is 1. The van der Waals surface area contributed by atoms with Crippen LogP contribution in [0.2, 0.25) is 0 Å². The van der Waals surface area contributed by atoms with Gasteiger partial charge < -0.3 is 11.5 Å². The van der Waals surface area contributed by atoms with E-state index in [-0.39, 0.29) is 0 Å². The van der Waals surface area contributed by atoms with Crippen LogP contribution in [0.3, 0.4) is 0 Å². The molecule has 0 radical (unpaired) electrons. The van der Waals surface area contributed by atoms with Gasteiger partial charge in [-0.25, -0.2) is 0 Å². The molecule has 0 aliphatic heterocycles. The van der Waals surface area contributed by atoms with Gasteiger partial charge in [0.1, 0.15) is 0 Å². The Labute approximate surface area is 99.3 Å². The number of pyridine rings is 1. The van der Waals surface area contributed by atoms with E-state index in [1.807, 2.05) is 12.1 Å². The predicted octanol–water partition coefficient (Wildman–Crippen LogP) is 1.35. The van der Waals surface area contributed by atoms with Gasteiger partial charge in [-0.2, -0.15) is 0 Å². The number of anilines is 1. The molecule has 0 aliphatic carbocycles. The normalized spacial score (nSPS) is 10.1. The number of rotatable bonds is 3. The van der Waals surface area contributed by atoms with Crippen LogP contribution in [-0.2, 0) is 6.42 Å². The predicted molar refractivity (Wildman–Crippen MR) is 66.4 cm³/mol. The number of nitrogen functional groups attached to an aromatic ring is 1. The van der Waals surface area contributed by atoms with Crippen molar-refractivity contribution in [3.05, 3.63) is 59.4 Å². The zero-order valence-corrected chi connectivity index (χ0v) is 9.26. The van der Waals surface area contributed by atoms with Gasteiger partial charge in [-0.3, -0.25) is 9.78 Å². The Morgan fingerprint density at radius 1 is 1.18 bits per heavy atom. The second-order valence-electron chi connectivity index (χ2n) is 3.77. The molecule has 4 N–H and O–H groups in total. The molecule has 17 heavy (non-hydrogen) atoms. The lowest BCUT2D eigenvalue weighted by atomic mass is 9.98. The Morgan fingerprint density at radius 3 is 2.53 bits per heavy atom. The molecule has 0 unspecified atom stereocenters. The van der Waals surface area contributed by atoms with Gasteiger partial charge in [0.05, 0.1) is 0 Å². The van der Waals surface area contributed by atoms with E-state index in [1.165, 1.54) is 0 Å². The minimum atomic E-state index is -0.457. The summed E-state index contributed by atoms with van der Waals surface area (Å²) in [6.45, 7) is 0. The maximum absolute atomic E-state index is 11.3. The lowest BCUT2D eigenvalue weighted by molar-refractivity contribution is 0.0999. The molecule has 86 valence electrons. The monoisotopic (exact) mass is 227 g/mol. The summed E-state index contributed by atoms with van der Waals surface area (Å²) in [4.78, 5) is 15.3. The van der Waals surface area contributed by atoms with Crippen molar-refractivity contribution in [1.82, 2.24) is 4.98 Å². The van der Waals surface area contributed by atoms with Crippen molar-refractivity contribution in [2.24, 2.45) is 5.73 Å². The van der Waals surface area contributed by atoms with Crippen LogP contribution in [0.5, 0.6) is 0 Å². The van der Waals surface area contributed by atoms with E-state index >= 15 is 0 Å². The van der Waals surface area contributed by atoms with Crippen molar-refractivity contribution in [3.8, 4) is 0 Å². The Kier molecular flexibility index (Phi) is 3.05. The molecular weight excluding hydrogens is 214 g/mol. The Balaban J connectivity index is 2.41. The number of hydrogen-bond acceptors (Lipinski definition) is 3. The minimum Gasteiger partial charge on any atom is -0.398 e. The third-order valence-electron chi connectivity index (χ3n) is 2.61. The molecule has 2 rings (SSSR count). The third-order valence-corrected chi connectivity index (χ3v) is 2.61. The molecule has 2 aromatic rings. The van der Waals surface area contributed by atoms with Crippen molar-refractivity contribution >= 4 is 11.6 Å². The SMILES string of the molecule is NC(=O)c1cccc(N)c1Cc1ccncc1. The molecule has 1 heterocycles. The van der Waals surface area contributed by atoms with Crippen molar-refractivity contribution in [1.29, 1.82) is 0 Å².